The van der Waals surface area contributed by atoms with Crippen LogP contribution in [0.3, 0.4) is 0 Å². The number of halogens is 1. The third-order valence-corrected chi connectivity index (χ3v) is 5.14. The van der Waals surface area contributed by atoms with Gasteiger partial charge in [0.15, 0.2) is 0 Å². The van der Waals surface area contributed by atoms with Gasteiger partial charge in [0.2, 0.25) is 5.91 Å². The van der Waals surface area contributed by atoms with Crippen molar-refractivity contribution in [3.05, 3.63) is 29.3 Å². The smallest absolute Gasteiger partial charge is 0.319 e. The Morgan fingerprint density at radius 1 is 1.22 bits per heavy atom. The Balaban J connectivity index is 1.42. The van der Waals surface area contributed by atoms with Crippen LogP contribution in [0.5, 0.6) is 0 Å². The number of carbonyl (C=O) groups excluding carboxylic acids is 2. The molecule has 3 rings (SSSR count). The molecule has 1 saturated carbocycles. The molecule has 1 aromatic carbocycles. The lowest BCUT2D eigenvalue weighted by molar-refractivity contribution is -0.122. The largest absolute Gasteiger partial charge is 0.394 e. The van der Waals surface area contributed by atoms with Gasteiger partial charge in [-0.3, -0.25) is 4.79 Å². The van der Waals surface area contributed by atoms with E-state index in [1.165, 1.54) is 0 Å². The summed E-state index contributed by atoms with van der Waals surface area (Å²) in [6, 6.07) is 6.26. The summed E-state index contributed by atoms with van der Waals surface area (Å²) in [6.45, 7) is 0.401. The quantitative estimate of drug-likeness (QED) is 0.569. The molecule has 148 valence electrons. The molecular formula is C19H26ClN3O4. The Bertz CT molecular complexity index is 668. The topological polar surface area (TPSA) is 99.7 Å². The van der Waals surface area contributed by atoms with Crippen molar-refractivity contribution in [1.82, 2.24) is 10.6 Å². The average Bonchev–Trinajstić information content (AvgIpc) is 3.48. The van der Waals surface area contributed by atoms with Crippen LogP contribution in [0.1, 0.15) is 32.1 Å². The van der Waals surface area contributed by atoms with E-state index in [-0.39, 0.29) is 36.6 Å². The molecule has 1 saturated heterocycles. The van der Waals surface area contributed by atoms with E-state index in [1.807, 2.05) is 0 Å². The molecule has 27 heavy (non-hydrogen) atoms. The Kier molecular flexibility index (Phi) is 6.93. The molecule has 0 aromatic heterocycles. The van der Waals surface area contributed by atoms with Crippen LogP contribution in [0.4, 0.5) is 10.5 Å². The van der Waals surface area contributed by atoms with Gasteiger partial charge in [0, 0.05) is 23.2 Å². The fraction of sp³-hybridized carbons (Fsp3) is 0.579. The molecule has 1 heterocycles. The second-order valence-corrected chi connectivity index (χ2v) is 7.56. The van der Waals surface area contributed by atoms with Crippen molar-refractivity contribution in [2.45, 2.75) is 50.4 Å². The zero-order valence-corrected chi connectivity index (χ0v) is 15.9. The van der Waals surface area contributed by atoms with Crippen molar-refractivity contribution in [1.29, 1.82) is 0 Å². The third-order valence-electron chi connectivity index (χ3n) is 4.91. The average molecular weight is 396 g/mol. The monoisotopic (exact) mass is 395 g/mol. The van der Waals surface area contributed by atoms with Crippen LogP contribution in [-0.4, -0.2) is 48.4 Å². The van der Waals surface area contributed by atoms with Gasteiger partial charge in [-0.15, -0.1) is 0 Å². The molecule has 7 nitrogen and oxygen atoms in total. The number of hydrogen-bond donors (Lipinski definition) is 4. The number of aliphatic hydroxyl groups excluding tert-OH is 1. The molecule has 1 aromatic rings. The summed E-state index contributed by atoms with van der Waals surface area (Å²) < 4.78 is 5.91. The van der Waals surface area contributed by atoms with E-state index in [0.717, 1.165) is 19.3 Å². The van der Waals surface area contributed by atoms with Crippen LogP contribution in [0.25, 0.3) is 0 Å². The van der Waals surface area contributed by atoms with Gasteiger partial charge in [-0.05, 0) is 50.3 Å². The number of ether oxygens (including phenoxy) is 1. The lowest BCUT2D eigenvalue weighted by Crippen LogP contribution is -2.52. The lowest BCUT2D eigenvalue weighted by Gasteiger charge is -2.36. The maximum Gasteiger partial charge on any atom is 0.319 e. The maximum atomic E-state index is 12.2. The number of benzene rings is 1. The highest BCUT2D eigenvalue weighted by atomic mass is 35.5. The van der Waals surface area contributed by atoms with Crippen LogP contribution >= 0.6 is 11.6 Å². The zero-order valence-electron chi connectivity index (χ0n) is 15.1. The van der Waals surface area contributed by atoms with Gasteiger partial charge in [-0.2, -0.15) is 0 Å². The fourth-order valence-corrected chi connectivity index (χ4v) is 3.45. The van der Waals surface area contributed by atoms with Crippen LogP contribution in [-0.2, 0) is 9.53 Å². The molecule has 3 amide bonds. The third kappa shape index (κ3) is 6.09. The van der Waals surface area contributed by atoms with Gasteiger partial charge in [0.05, 0.1) is 18.8 Å². The summed E-state index contributed by atoms with van der Waals surface area (Å²) in [4.78, 5) is 23.9. The van der Waals surface area contributed by atoms with Crippen molar-refractivity contribution >= 4 is 29.2 Å². The van der Waals surface area contributed by atoms with Crippen molar-refractivity contribution in [3.63, 3.8) is 0 Å². The summed E-state index contributed by atoms with van der Waals surface area (Å²) in [5.41, 5.74) is 0.599. The minimum absolute atomic E-state index is 0.0318. The molecule has 2 aliphatic rings. The molecule has 3 atom stereocenters. The van der Waals surface area contributed by atoms with E-state index < -0.39 is 6.10 Å². The van der Waals surface area contributed by atoms with E-state index in [0.29, 0.717) is 30.1 Å². The van der Waals surface area contributed by atoms with Crippen LogP contribution in [0.15, 0.2) is 24.3 Å². The van der Waals surface area contributed by atoms with Crippen LogP contribution < -0.4 is 16.0 Å². The second kappa shape index (κ2) is 9.39. The second-order valence-electron chi connectivity index (χ2n) is 7.13. The normalized spacial score (nSPS) is 24.9. The first kappa shape index (κ1) is 19.9. The standard InChI is InChI=1S/C19H26ClN3O4/c20-13-2-1-3-14(10-13)22-19(26)23-16-7-6-15(27-17(16)11-24)8-9-21-18(25)12-4-5-12/h1-3,10,12,15-17,24H,4-9,11H2,(H,21,25)(H2,22,23,26)/t15-,16+,17+/m1/s1. The van der Waals surface area contributed by atoms with E-state index in [2.05, 4.69) is 16.0 Å². The highest BCUT2D eigenvalue weighted by Crippen LogP contribution is 2.29. The first-order valence-electron chi connectivity index (χ1n) is 9.42. The molecule has 0 unspecified atom stereocenters. The van der Waals surface area contributed by atoms with E-state index >= 15 is 0 Å². The Labute approximate surface area is 163 Å². The summed E-state index contributed by atoms with van der Waals surface area (Å²) in [5.74, 6) is 0.329. The SMILES string of the molecule is O=C(Nc1cccc(Cl)c1)N[C@H]1CC[C@H](CCNC(=O)C2CC2)O[C@H]1CO. The summed E-state index contributed by atoms with van der Waals surface area (Å²) in [5, 5.41) is 18.7. The van der Waals surface area contributed by atoms with Gasteiger partial charge in [0.25, 0.3) is 0 Å². The minimum Gasteiger partial charge on any atom is -0.394 e. The molecule has 8 heteroatoms. The summed E-state index contributed by atoms with van der Waals surface area (Å²) >= 11 is 5.91. The Hall–Kier alpha value is -1.83. The molecule has 1 aliphatic heterocycles. The Morgan fingerprint density at radius 2 is 2.04 bits per heavy atom. The molecule has 0 bridgehead atoms. The van der Waals surface area contributed by atoms with E-state index in [1.54, 1.807) is 24.3 Å². The van der Waals surface area contributed by atoms with Crippen LogP contribution in [0.2, 0.25) is 5.02 Å². The predicted octanol–water partition coefficient (Wildman–Crippen LogP) is 2.29. The first-order valence-corrected chi connectivity index (χ1v) is 9.80. The Morgan fingerprint density at radius 3 is 2.74 bits per heavy atom. The molecule has 0 spiro atoms. The number of urea groups is 1. The van der Waals surface area contributed by atoms with E-state index in [4.69, 9.17) is 16.3 Å². The van der Waals surface area contributed by atoms with Crippen molar-refractivity contribution in [3.8, 4) is 0 Å². The van der Waals surface area contributed by atoms with E-state index in [9.17, 15) is 14.7 Å². The highest BCUT2D eigenvalue weighted by molar-refractivity contribution is 6.30. The van der Waals surface area contributed by atoms with Gasteiger partial charge < -0.3 is 25.8 Å². The number of rotatable bonds is 7. The number of amides is 3. The number of aliphatic hydroxyl groups is 1. The lowest BCUT2D eigenvalue weighted by atomic mass is 9.97. The fourth-order valence-electron chi connectivity index (χ4n) is 3.26. The number of nitrogens with one attached hydrogen (secondary N) is 3. The zero-order chi connectivity index (χ0) is 19.2. The number of anilines is 1. The molecule has 0 radical (unpaired) electrons. The van der Waals surface area contributed by atoms with Crippen molar-refractivity contribution < 1.29 is 19.4 Å². The molecule has 4 N–H and O–H groups in total. The summed E-state index contributed by atoms with van der Waals surface area (Å²) in [6.07, 6.45) is 3.65. The minimum atomic E-state index is -0.465. The van der Waals surface area contributed by atoms with Crippen molar-refractivity contribution in [2.75, 3.05) is 18.5 Å². The highest BCUT2D eigenvalue weighted by Gasteiger charge is 2.32. The van der Waals surface area contributed by atoms with Crippen LogP contribution in [0, 0.1) is 5.92 Å². The van der Waals surface area contributed by atoms with Crippen molar-refractivity contribution in [2.24, 2.45) is 5.92 Å². The van der Waals surface area contributed by atoms with Gasteiger partial charge in [-0.1, -0.05) is 17.7 Å². The van der Waals surface area contributed by atoms with Gasteiger partial charge >= 0.3 is 6.03 Å². The summed E-state index contributed by atoms with van der Waals surface area (Å²) in [7, 11) is 0. The van der Waals surface area contributed by atoms with Gasteiger partial charge in [0.1, 0.15) is 6.10 Å². The number of hydrogen-bond acceptors (Lipinski definition) is 4. The molecule has 1 aliphatic carbocycles. The number of carbonyl (C=O) groups is 2. The molecule has 2 fully saturated rings. The first-order chi connectivity index (χ1) is 13.0. The predicted molar refractivity (Wildman–Crippen MR) is 103 cm³/mol. The van der Waals surface area contributed by atoms with Gasteiger partial charge in [-0.25, -0.2) is 4.79 Å². The molecular weight excluding hydrogens is 370 g/mol. The maximum absolute atomic E-state index is 12.2.